The molecule has 0 aliphatic carbocycles. The lowest BCUT2D eigenvalue weighted by molar-refractivity contribution is 0.101. The number of hydrogen-bond acceptors (Lipinski definition) is 9. The molecule has 2 aromatic heterocycles. The van der Waals surface area contributed by atoms with E-state index in [0.29, 0.717) is 27.7 Å². The molecule has 2 amide bonds. The molecule has 0 atom stereocenters. The molecule has 0 spiro atoms. The maximum Gasteiger partial charge on any atom is 0.259 e. The molecule has 12 nitrogen and oxygen atoms in total. The van der Waals surface area contributed by atoms with Gasteiger partial charge < -0.3 is 15.7 Å². The Bertz CT molecular complexity index is 2070. The Morgan fingerprint density at radius 3 is 2.14 bits per heavy atom. The summed E-state index contributed by atoms with van der Waals surface area (Å²) in [5.74, 6) is -1.25. The number of phenolic OH excluding ortho intramolecular Hbond substituents is 1. The minimum atomic E-state index is -0.605. The summed E-state index contributed by atoms with van der Waals surface area (Å²) in [5, 5.41) is 40.1. The molecule has 4 aromatic carbocycles. The van der Waals surface area contributed by atoms with Gasteiger partial charge in [-0.3, -0.25) is 9.59 Å². The molecule has 12 heteroatoms. The zero-order valence-electron chi connectivity index (χ0n) is 22.8. The van der Waals surface area contributed by atoms with Crippen LogP contribution in [0.25, 0.3) is 16.7 Å². The van der Waals surface area contributed by atoms with Crippen LogP contribution in [0.2, 0.25) is 0 Å². The zero-order chi connectivity index (χ0) is 30.5. The highest BCUT2D eigenvalue weighted by atomic mass is 16.3. The van der Waals surface area contributed by atoms with Crippen LogP contribution in [-0.2, 0) is 0 Å². The fourth-order valence-electron chi connectivity index (χ4n) is 4.40. The lowest BCUT2D eigenvalue weighted by Gasteiger charge is -2.12. The van der Waals surface area contributed by atoms with Crippen molar-refractivity contribution >= 4 is 45.5 Å². The first-order valence-electron chi connectivity index (χ1n) is 13.2. The summed E-state index contributed by atoms with van der Waals surface area (Å²) in [7, 11) is 0. The average molecular weight is 580 g/mol. The number of benzene rings is 4. The van der Waals surface area contributed by atoms with Gasteiger partial charge in [-0.25, -0.2) is 9.97 Å². The molecule has 0 saturated heterocycles. The quantitative estimate of drug-likeness (QED) is 0.186. The van der Waals surface area contributed by atoms with E-state index in [9.17, 15) is 20.0 Å². The van der Waals surface area contributed by atoms with Gasteiger partial charge in [0.1, 0.15) is 17.3 Å². The number of aromatic hydroxyl groups is 1. The SMILES string of the molecule is N#Cc1cnn(-c2ncccn2)c1/N=N/c1c(O)c(C(=O)Nc2ccccc2)cc2cc(C(=O)Nc3ccccc3)ccc12. The van der Waals surface area contributed by atoms with Gasteiger partial charge in [-0.15, -0.1) is 10.2 Å². The highest BCUT2D eigenvalue weighted by Crippen LogP contribution is 2.40. The fourth-order valence-corrected chi connectivity index (χ4v) is 4.40. The Morgan fingerprint density at radius 1 is 0.818 bits per heavy atom. The summed E-state index contributed by atoms with van der Waals surface area (Å²) < 4.78 is 1.24. The van der Waals surface area contributed by atoms with E-state index in [1.165, 1.54) is 29.3 Å². The van der Waals surface area contributed by atoms with Crippen molar-refractivity contribution in [2.24, 2.45) is 10.2 Å². The highest BCUT2D eigenvalue weighted by Gasteiger charge is 2.21. The summed E-state index contributed by atoms with van der Waals surface area (Å²) in [6.45, 7) is 0. The van der Waals surface area contributed by atoms with Gasteiger partial charge in [0.05, 0.1) is 11.8 Å². The van der Waals surface area contributed by atoms with Crippen molar-refractivity contribution < 1.29 is 14.7 Å². The summed E-state index contributed by atoms with van der Waals surface area (Å²) in [4.78, 5) is 34.7. The van der Waals surface area contributed by atoms with Gasteiger partial charge in [-0.1, -0.05) is 42.5 Å². The number of fused-ring (bicyclic) bond motifs is 1. The Morgan fingerprint density at radius 2 is 1.48 bits per heavy atom. The third-order valence-corrected chi connectivity index (χ3v) is 6.51. The van der Waals surface area contributed by atoms with Crippen LogP contribution < -0.4 is 10.6 Å². The third-order valence-electron chi connectivity index (χ3n) is 6.51. The molecule has 0 saturated carbocycles. The lowest BCUT2D eigenvalue weighted by atomic mass is 10.0. The van der Waals surface area contributed by atoms with Crippen LogP contribution in [0.4, 0.5) is 22.9 Å². The van der Waals surface area contributed by atoms with Crippen LogP contribution in [0.15, 0.2) is 120 Å². The van der Waals surface area contributed by atoms with Crippen molar-refractivity contribution in [3.05, 3.63) is 126 Å². The van der Waals surface area contributed by atoms with Gasteiger partial charge in [-0.2, -0.15) is 15.0 Å². The minimum Gasteiger partial charge on any atom is -0.505 e. The zero-order valence-corrected chi connectivity index (χ0v) is 22.8. The topological polar surface area (TPSA) is 171 Å². The van der Waals surface area contributed by atoms with E-state index in [4.69, 9.17) is 0 Å². The van der Waals surface area contributed by atoms with Crippen molar-refractivity contribution in [2.75, 3.05) is 10.6 Å². The predicted octanol–water partition coefficient (Wildman–Crippen LogP) is 6.31. The molecule has 0 aliphatic rings. The molecule has 6 aromatic rings. The van der Waals surface area contributed by atoms with Gasteiger partial charge >= 0.3 is 0 Å². The van der Waals surface area contributed by atoms with E-state index in [1.807, 2.05) is 18.2 Å². The number of amides is 2. The first-order chi connectivity index (χ1) is 21.5. The predicted molar refractivity (Wildman–Crippen MR) is 162 cm³/mol. The number of para-hydroxylation sites is 2. The first-order valence-corrected chi connectivity index (χ1v) is 13.2. The summed E-state index contributed by atoms with van der Waals surface area (Å²) in [5.41, 5.74) is 1.38. The van der Waals surface area contributed by atoms with Crippen LogP contribution in [0.5, 0.6) is 5.75 Å². The van der Waals surface area contributed by atoms with Crippen molar-refractivity contribution in [1.82, 2.24) is 19.7 Å². The van der Waals surface area contributed by atoms with E-state index in [2.05, 4.69) is 35.9 Å². The van der Waals surface area contributed by atoms with Crippen LogP contribution in [0, 0.1) is 11.3 Å². The van der Waals surface area contributed by atoms with Gasteiger partial charge in [-0.05, 0) is 53.9 Å². The molecule has 0 aliphatic heterocycles. The van der Waals surface area contributed by atoms with Crippen molar-refractivity contribution in [3.8, 4) is 17.8 Å². The molecular formula is C32H21N9O3. The van der Waals surface area contributed by atoms with E-state index < -0.39 is 11.7 Å². The van der Waals surface area contributed by atoms with Crippen LogP contribution >= 0.6 is 0 Å². The summed E-state index contributed by atoms with van der Waals surface area (Å²) in [6, 6.07) is 27.6. The molecule has 6 rings (SSSR count). The summed E-state index contributed by atoms with van der Waals surface area (Å²) in [6.07, 6.45) is 4.32. The lowest BCUT2D eigenvalue weighted by Crippen LogP contribution is -2.13. The van der Waals surface area contributed by atoms with Crippen molar-refractivity contribution in [2.45, 2.75) is 0 Å². The van der Waals surface area contributed by atoms with Crippen molar-refractivity contribution in [1.29, 1.82) is 5.26 Å². The van der Waals surface area contributed by atoms with Gasteiger partial charge in [0.25, 0.3) is 17.8 Å². The Hall–Kier alpha value is -6.74. The standard InChI is InChI=1S/C32H21N9O3/c33-18-22-19-36-41(32-34-14-7-15-35-32)29(22)40-39-27-25-13-12-20(30(43)37-23-8-3-1-4-9-23)16-21(25)17-26(28(27)42)31(44)38-24-10-5-2-6-11-24/h1-17,19,42H,(H,37,43)(H,38,44)/b40-39+. The van der Waals surface area contributed by atoms with E-state index >= 15 is 0 Å². The minimum absolute atomic E-state index is 0.0178. The number of nitrogens with one attached hydrogen (secondary N) is 2. The molecule has 0 fully saturated rings. The number of carbonyl (C=O) groups is 2. The smallest absolute Gasteiger partial charge is 0.259 e. The second-order valence-corrected chi connectivity index (χ2v) is 9.35. The number of rotatable bonds is 7. The molecule has 212 valence electrons. The number of aromatic nitrogens is 4. The first kappa shape index (κ1) is 27.4. The molecule has 2 heterocycles. The van der Waals surface area contributed by atoms with E-state index in [0.717, 1.165) is 0 Å². The second-order valence-electron chi connectivity index (χ2n) is 9.35. The average Bonchev–Trinajstić information content (AvgIpc) is 3.48. The monoisotopic (exact) mass is 579 g/mol. The van der Waals surface area contributed by atoms with Crippen LogP contribution in [0.1, 0.15) is 26.3 Å². The highest BCUT2D eigenvalue weighted by molar-refractivity contribution is 6.13. The Kier molecular flexibility index (Phi) is 7.49. The molecule has 3 N–H and O–H groups in total. The van der Waals surface area contributed by atoms with Gasteiger partial charge in [0.15, 0.2) is 11.6 Å². The second kappa shape index (κ2) is 12.0. The molecule has 0 unspecified atom stereocenters. The number of nitriles is 1. The molecule has 44 heavy (non-hydrogen) atoms. The fraction of sp³-hybridized carbons (Fsp3) is 0. The van der Waals surface area contributed by atoms with Crippen LogP contribution in [0.3, 0.4) is 0 Å². The number of azo groups is 1. The van der Waals surface area contributed by atoms with E-state index in [-0.39, 0.29) is 34.5 Å². The van der Waals surface area contributed by atoms with Gasteiger partial charge in [0.2, 0.25) is 0 Å². The number of carbonyl (C=O) groups excluding carboxylic acids is 2. The molecule has 0 radical (unpaired) electrons. The number of hydrogen-bond donors (Lipinski definition) is 3. The number of phenols is 1. The molecular weight excluding hydrogens is 558 g/mol. The number of anilines is 2. The largest absolute Gasteiger partial charge is 0.505 e. The molecule has 0 bridgehead atoms. The third kappa shape index (κ3) is 5.56. The number of nitrogens with zero attached hydrogens (tertiary/aromatic N) is 7. The maximum absolute atomic E-state index is 13.4. The maximum atomic E-state index is 13.4. The Labute approximate surface area is 250 Å². The van der Waals surface area contributed by atoms with Crippen molar-refractivity contribution in [3.63, 3.8) is 0 Å². The van der Waals surface area contributed by atoms with Gasteiger partial charge in [0, 0.05) is 34.7 Å². The van der Waals surface area contributed by atoms with E-state index in [1.54, 1.807) is 72.8 Å². The Balaban J connectivity index is 1.46. The van der Waals surface area contributed by atoms with Crippen LogP contribution in [-0.4, -0.2) is 36.7 Å². The normalized spacial score (nSPS) is 10.9. The summed E-state index contributed by atoms with van der Waals surface area (Å²) >= 11 is 0.